The van der Waals surface area contributed by atoms with E-state index in [-0.39, 0.29) is 39.4 Å². The highest BCUT2D eigenvalue weighted by atomic mass is 35.5. The van der Waals surface area contributed by atoms with Gasteiger partial charge < -0.3 is 15.1 Å². The summed E-state index contributed by atoms with van der Waals surface area (Å²) < 4.78 is 60.9. The van der Waals surface area contributed by atoms with Crippen molar-refractivity contribution in [2.45, 2.75) is 26.6 Å². The molecule has 10 heteroatoms. The Bertz CT molecular complexity index is 1420. The number of aryl methyl sites for hydroxylation is 2. The molecule has 0 aliphatic heterocycles. The van der Waals surface area contributed by atoms with Crippen molar-refractivity contribution in [1.29, 1.82) is 5.26 Å². The molecule has 34 heavy (non-hydrogen) atoms. The highest BCUT2D eigenvalue weighted by Gasteiger charge is 2.34. The SMILES string of the molecule is Cc1cc(CNc2cc(C(F)(F)F)c3ncc(C#N)c(Nc4ccc(F)c(Cl)c4)c3c2)oc1C. The summed E-state index contributed by atoms with van der Waals surface area (Å²) in [6.07, 6.45) is -3.64. The van der Waals surface area contributed by atoms with Crippen LogP contribution in [-0.4, -0.2) is 4.98 Å². The Morgan fingerprint density at radius 3 is 2.50 bits per heavy atom. The molecule has 2 heterocycles. The lowest BCUT2D eigenvalue weighted by molar-refractivity contribution is -0.136. The molecule has 2 aromatic carbocycles. The number of aromatic nitrogens is 1. The molecular weight excluding hydrogens is 472 g/mol. The summed E-state index contributed by atoms with van der Waals surface area (Å²) in [5, 5.41) is 15.3. The minimum Gasteiger partial charge on any atom is -0.464 e. The van der Waals surface area contributed by atoms with Gasteiger partial charge in [0.25, 0.3) is 0 Å². The first-order valence-corrected chi connectivity index (χ1v) is 10.4. The van der Waals surface area contributed by atoms with E-state index in [9.17, 15) is 22.8 Å². The summed E-state index contributed by atoms with van der Waals surface area (Å²) in [6.45, 7) is 3.82. The van der Waals surface area contributed by atoms with Crippen LogP contribution in [0, 0.1) is 31.0 Å². The number of benzene rings is 2. The fraction of sp³-hybridized carbons (Fsp3) is 0.167. The van der Waals surface area contributed by atoms with Crippen molar-refractivity contribution in [2.75, 3.05) is 10.6 Å². The van der Waals surface area contributed by atoms with E-state index < -0.39 is 17.6 Å². The van der Waals surface area contributed by atoms with Crippen molar-refractivity contribution < 1.29 is 22.0 Å². The smallest absolute Gasteiger partial charge is 0.418 e. The number of hydrogen-bond acceptors (Lipinski definition) is 5. The standard InChI is InChI=1S/C24H17ClF4N4O/c1-12-5-17(34-13(12)2)11-31-16-6-18-22(33-15-3-4-21(26)20(25)8-15)14(9-30)10-32-23(18)19(7-16)24(27,28)29/h3-8,10,31H,11H2,1-2H3,(H,32,33). The number of pyridine rings is 1. The Balaban J connectivity index is 1.84. The van der Waals surface area contributed by atoms with Gasteiger partial charge in [0, 0.05) is 23.0 Å². The largest absolute Gasteiger partial charge is 0.464 e. The molecule has 0 bridgehead atoms. The fourth-order valence-electron chi connectivity index (χ4n) is 3.48. The third-order valence-corrected chi connectivity index (χ3v) is 5.56. The molecule has 0 spiro atoms. The van der Waals surface area contributed by atoms with Crippen LogP contribution in [0.15, 0.2) is 47.0 Å². The molecule has 174 valence electrons. The predicted octanol–water partition coefficient (Wildman–Crippen LogP) is 7.48. The number of nitriles is 1. The van der Waals surface area contributed by atoms with Crippen LogP contribution in [0.1, 0.15) is 28.2 Å². The minimum absolute atomic E-state index is 0.00973. The first-order valence-electron chi connectivity index (χ1n) is 10.0. The van der Waals surface area contributed by atoms with Crippen LogP contribution in [0.5, 0.6) is 0 Å². The van der Waals surface area contributed by atoms with Gasteiger partial charge in [0.05, 0.1) is 33.9 Å². The summed E-state index contributed by atoms with van der Waals surface area (Å²) in [5.41, 5.74) is 0.178. The molecule has 0 atom stereocenters. The van der Waals surface area contributed by atoms with Gasteiger partial charge in [-0.1, -0.05) is 11.6 Å². The maximum atomic E-state index is 13.9. The topological polar surface area (TPSA) is 73.9 Å². The van der Waals surface area contributed by atoms with Crippen molar-refractivity contribution in [3.05, 3.63) is 81.6 Å². The number of nitrogens with zero attached hydrogens (tertiary/aromatic N) is 2. The third kappa shape index (κ3) is 4.63. The van der Waals surface area contributed by atoms with Crippen molar-refractivity contribution in [3.8, 4) is 6.07 Å². The fourth-order valence-corrected chi connectivity index (χ4v) is 3.67. The van der Waals surface area contributed by atoms with Crippen LogP contribution < -0.4 is 10.6 Å². The number of nitrogens with one attached hydrogen (secondary N) is 2. The van der Waals surface area contributed by atoms with Gasteiger partial charge in [0.2, 0.25) is 0 Å². The van der Waals surface area contributed by atoms with E-state index >= 15 is 0 Å². The van der Waals surface area contributed by atoms with Gasteiger partial charge in [-0.25, -0.2) is 4.39 Å². The van der Waals surface area contributed by atoms with E-state index in [0.29, 0.717) is 11.4 Å². The molecule has 2 N–H and O–H groups in total. The van der Waals surface area contributed by atoms with Crippen LogP contribution in [0.25, 0.3) is 10.9 Å². The van der Waals surface area contributed by atoms with E-state index in [1.54, 1.807) is 13.0 Å². The van der Waals surface area contributed by atoms with Crippen molar-refractivity contribution in [2.24, 2.45) is 0 Å². The van der Waals surface area contributed by atoms with Gasteiger partial charge in [-0.3, -0.25) is 4.98 Å². The summed E-state index contributed by atoms with van der Waals surface area (Å²) in [5.74, 6) is 0.631. The molecule has 2 aromatic heterocycles. The quantitative estimate of drug-likeness (QED) is 0.285. The number of alkyl halides is 3. The van der Waals surface area contributed by atoms with Crippen molar-refractivity contribution >= 4 is 39.6 Å². The van der Waals surface area contributed by atoms with E-state index in [4.69, 9.17) is 16.0 Å². The molecule has 0 fully saturated rings. The zero-order chi connectivity index (χ0) is 24.6. The number of fused-ring (bicyclic) bond motifs is 1. The van der Waals surface area contributed by atoms with E-state index in [1.807, 2.05) is 13.0 Å². The van der Waals surface area contributed by atoms with Crippen LogP contribution in [0.3, 0.4) is 0 Å². The average molecular weight is 489 g/mol. The van der Waals surface area contributed by atoms with Crippen LogP contribution in [-0.2, 0) is 12.7 Å². The Morgan fingerprint density at radius 1 is 1.12 bits per heavy atom. The van der Waals surface area contributed by atoms with Gasteiger partial charge in [-0.2, -0.15) is 18.4 Å². The molecule has 4 rings (SSSR count). The monoisotopic (exact) mass is 488 g/mol. The zero-order valence-electron chi connectivity index (χ0n) is 17.9. The second-order valence-electron chi connectivity index (χ2n) is 7.64. The molecule has 0 aliphatic rings. The molecule has 5 nitrogen and oxygen atoms in total. The normalized spacial score (nSPS) is 11.5. The molecule has 0 unspecified atom stereocenters. The molecule has 0 radical (unpaired) electrons. The van der Waals surface area contributed by atoms with Crippen LogP contribution in [0.4, 0.5) is 34.6 Å². The first-order chi connectivity index (χ1) is 16.1. The summed E-state index contributed by atoms with van der Waals surface area (Å²) in [7, 11) is 0. The summed E-state index contributed by atoms with van der Waals surface area (Å²) in [4.78, 5) is 3.91. The maximum absolute atomic E-state index is 13.9. The van der Waals surface area contributed by atoms with E-state index in [0.717, 1.165) is 29.7 Å². The molecule has 0 amide bonds. The Hall–Kier alpha value is -3.77. The second kappa shape index (κ2) is 8.88. The van der Waals surface area contributed by atoms with Gasteiger partial charge in [-0.05, 0) is 55.8 Å². The second-order valence-corrected chi connectivity index (χ2v) is 8.04. The molecule has 0 saturated heterocycles. The molecule has 0 saturated carbocycles. The third-order valence-electron chi connectivity index (χ3n) is 5.27. The lowest BCUT2D eigenvalue weighted by Gasteiger charge is -2.17. The number of halogens is 5. The van der Waals surface area contributed by atoms with Gasteiger partial charge >= 0.3 is 6.18 Å². The highest BCUT2D eigenvalue weighted by Crippen LogP contribution is 2.40. The predicted molar refractivity (Wildman–Crippen MR) is 122 cm³/mol. The zero-order valence-corrected chi connectivity index (χ0v) is 18.7. The Labute approximate surface area is 197 Å². The van der Waals surface area contributed by atoms with E-state index in [1.165, 1.54) is 18.2 Å². The van der Waals surface area contributed by atoms with Gasteiger partial charge in [0.15, 0.2) is 0 Å². The first kappa shape index (κ1) is 23.4. The number of rotatable bonds is 5. The van der Waals surface area contributed by atoms with Gasteiger partial charge in [0.1, 0.15) is 23.4 Å². The number of hydrogen-bond donors (Lipinski definition) is 2. The van der Waals surface area contributed by atoms with Crippen molar-refractivity contribution in [1.82, 2.24) is 4.98 Å². The Kier molecular flexibility index (Phi) is 6.11. The lowest BCUT2D eigenvalue weighted by atomic mass is 10.0. The minimum atomic E-state index is -4.70. The molecular formula is C24H17ClF4N4O. The van der Waals surface area contributed by atoms with Gasteiger partial charge in [-0.15, -0.1) is 0 Å². The average Bonchev–Trinajstić information content (AvgIpc) is 3.11. The highest BCUT2D eigenvalue weighted by molar-refractivity contribution is 6.31. The summed E-state index contributed by atoms with van der Waals surface area (Å²) in [6, 6.07) is 9.91. The molecule has 4 aromatic rings. The maximum Gasteiger partial charge on any atom is 0.418 e. The van der Waals surface area contributed by atoms with Crippen LogP contribution >= 0.6 is 11.6 Å². The van der Waals surface area contributed by atoms with Crippen molar-refractivity contribution in [3.63, 3.8) is 0 Å². The lowest BCUT2D eigenvalue weighted by Crippen LogP contribution is -2.10. The summed E-state index contributed by atoms with van der Waals surface area (Å²) >= 11 is 5.83. The van der Waals surface area contributed by atoms with E-state index in [2.05, 4.69) is 15.6 Å². The van der Waals surface area contributed by atoms with Crippen LogP contribution in [0.2, 0.25) is 5.02 Å². The Morgan fingerprint density at radius 2 is 1.88 bits per heavy atom. The number of furan rings is 1. The number of anilines is 3. The molecule has 0 aliphatic carbocycles.